The van der Waals surface area contributed by atoms with Crippen molar-refractivity contribution in [2.45, 2.75) is 0 Å². The summed E-state index contributed by atoms with van der Waals surface area (Å²) in [5, 5.41) is 10.9. The van der Waals surface area contributed by atoms with Crippen LogP contribution in [0.5, 0.6) is 5.88 Å². The maximum absolute atomic E-state index is 10.8. The Kier molecular flexibility index (Phi) is 8.60. The van der Waals surface area contributed by atoms with E-state index in [9.17, 15) is 10.1 Å². The van der Waals surface area contributed by atoms with Crippen molar-refractivity contribution in [2.75, 3.05) is 46.8 Å². The molecule has 0 bridgehead atoms. The summed E-state index contributed by atoms with van der Waals surface area (Å²) in [6, 6.07) is 2.58. The Balaban J connectivity index is 2.21. The van der Waals surface area contributed by atoms with Crippen LogP contribution < -0.4 is 4.74 Å². The van der Waals surface area contributed by atoms with E-state index in [0.717, 1.165) is 0 Å². The van der Waals surface area contributed by atoms with Gasteiger partial charge in [0.2, 0.25) is 0 Å². The molecule has 0 aliphatic rings. The van der Waals surface area contributed by atoms with Gasteiger partial charge >= 0.3 is 5.69 Å². The number of rotatable bonds is 11. The summed E-state index contributed by atoms with van der Waals surface area (Å²) in [5.41, 5.74) is -0.234. The van der Waals surface area contributed by atoms with Gasteiger partial charge in [0.25, 0.3) is 5.88 Å². The van der Waals surface area contributed by atoms with Gasteiger partial charge in [0.05, 0.1) is 38.0 Å². The van der Waals surface area contributed by atoms with E-state index >= 15 is 0 Å². The summed E-state index contributed by atoms with van der Waals surface area (Å²) < 4.78 is 20.5. The van der Waals surface area contributed by atoms with Gasteiger partial charge in [0.1, 0.15) is 11.8 Å². The number of halogens is 1. The van der Waals surface area contributed by atoms with Gasteiger partial charge in [0.15, 0.2) is 0 Å². The Morgan fingerprint density at radius 2 is 1.76 bits per heavy atom. The van der Waals surface area contributed by atoms with Crippen LogP contribution in [0.1, 0.15) is 0 Å². The summed E-state index contributed by atoms with van der Waals surface area (Å²) in [6.07, 6.45) is 0. The van der Waals surface area contributed by atoms with Gasteiger partial charge in [-0.05, 0) is 6.07 Å². The minimum absolute atomic E-state index is 0.118. The highest BCUT2D eigenvalue weighted by molar-refractivity contribution is 6.29. The molecule has 1 aromatic rings. The van der Waals surface area contributed by atoms with Gasteiger partial charge in [-0.25, -0.2) is 0 Å². The van der Waals surface area contributed by atoms with Crippen LogP contribution in [0.15, 0.2) is 12.1 Å². The van der Waals surface area contributed by atoms with Crippen molar-refractivity contribution < 1.29 is 23.9 Å². The van der Waals surface area contributed by atoms with E-state index in [-0.39, 0.29) is 29.9 Å². The van der Waals surface area contributed by atoms with E-state index in [2.05, 4.69) is 4.98 Å². The molecule has 9 heteroatoms. The summed E-state index contributed by atoms with van der Waals surface area (Å²) in [4.78, 5) is 14.0. The number of ether oxygens (including phenoxy) is 4. The van der Waals surface area contributed by atoms with Crippen LogP contribution in [0.25, 0.3) is 0 Å². The standard InChI is InChI=1S/C12H17ClN2O6/c1-18-4-5-19-6-7-20-8-9-21-12-10(15(16)17)2-3-11(13)14-12/h2-3H,4-9H2,1H3. The molecule has 0 amide bonds. The van der Waals surface area contributed by atoms with Crippen LogP contribution in [0.4, 0.5) is 5.69 Å². The molecule has 0 radical (unpaired) electrons. The van der Waals surface area contributed by atoms with Crippen LogP contribution in [0.3, 0.4) is 0 Å². The lowest BCUT2D eigenvalue weighted by molar-refractivity contribution is -0.386. The summed E-state index contributed by atoms with van der Waals surface area (Å²) in [5.74, 6) is -0.118. The van der Waals surface area contributed by atoms with E-state index in [1.165, 1.54) is 12.1 Å². The Morgan fingerprint density at radius 3 is 2.38 bits per heavy atom. The molecule has 0 N–H and O–H groups in total. The molecule has 8 nitrogen and oxygen atoms in total. The smallest absolute Gasteiger partial charge is 0.331 e. The maximum atomic E-state index is 10.8. The van der Waals surface area contributed by atoms with Crippen molar-refractivity contribution >= 4 is 17.3 Å². The van der Waals surface area contributed by atoms with Crippen molar-refractivity contribution in [3.63, 3.8) is 0 Å². The lowest BCUT2D eigenvalue weighted by Gasteiger charge is -2.07. The number of aromatic nitrogens is 1. The molecule has 1 heterocycles. The molecule has 0 saturated carbocycles. The molecule has 0 aromatic carbocycles. The van der Waals surface area contributed by atoms with Crippen LogP contribution in [-0.4, -0.2) is 56.7 Å². The third-order valence-corrected chi connectivity index (χ3v) is 2.48. The fraction of sp³-hybridized carbons (Fsp3) is 0.583. The summed E-state index contributed by atoms with van der Waals surface area (Å²) in [7, 11) is 1.60. The van der Waals surface area contributed by atoms with Gasteiger partial charge in [-0.15, -0.1) is 0 Å². The zero-order chi connectivity index (χ0) is 15.5. The Hall–Kier alpha value is -1.48. The number of pyridine rings is 1. The van der Waals surface area contributed by atoms with Crippen molar-refractivity contribution in [1.29, 1.82) is 0 Å². The molecule has 0 saturated heterocycles. The van der Waals surface area contributed by atoms with Crippen LogP contribution in [0.2, 0.25) is 5.15 Å². The van der Waals surface area contributed by atoms with Crippen LogP contribution in [-0.2, 0) is 14.2 Å². The minimum Gasteiger partial charge on any atom is -0.470 e. The Bertz CT molecular complexity index is 446. The quantitative estimate of drug-likeness (QED) is 0.265. The topological polar surface area (TPSA) is 93.0 Å². The molecular formula is C12H17ClN2O6. The number of hydrogen-bond acceptors (Lipinski definition) is 7. The number of hydrogen-bond donors (Lipinski definition) is 0. The minimum atomic E-state index is -0.580. The number of nitrogens with zero attached hydrogens (tertiary/aromatic N) is 2. The molecule has 0 atom stereocenters. The van der Waals surface area contributed by atoms with Crippen molar-refractivity contribution in [3.05, 3.63) is 27.4 Å². The Labute approximate surface area is 127 Å². The molecule has 0 aliphatic carbocycles. The van der Waals surface area contributed by atoms with Crippen molar-refractivity contribution in [3.8, 4) is 5.88 Å². The molecule has 1 rings (SSSR count). The van der Waals surface area contributed by atoms with E-state index in [1.807, 2.05) is 0 Å². The van der Waals surface area contributed by atoms with E-state index < -0.39 is 4.92 Å². The first-order valence-corrected chi connectivity index (χ1v) is 6.61. The van der Waals surface area contributed by atoms with E-state index in [0.29, 0.717) is 26.4 Å². The largest absolute Gasteiger partial charge is 0.470 e. The lowest BCUT2D eigenvalue weighted by atomic mass is 10.4. The van der Waals surface area contributed by atoms with E-state index in [1.54, 1.807) is 7.11 Å². The molecule has 0 unspecified atom stereocenters. The predicted octanol–water partition coefficient (Wildman–Crippen LogP) is 1.70. The second kappa shape index (κ2) is 10.3. The van der Waals surface area contributed by atoms with Crippen LogP contribution in [0, 0.1) is 10.1 Å². The molecule has 0 spiro atoms. The zero-order valence-electron chi connectivity index (χ0n) is 11.6. The van der Waals surface area contributed by atoms with E-state index in [4.69, 9.17) is 30.5 Å². The first kappa shape index (κ1) is 17.6. The average molecular weight is 321 g/mol. The molecule has 0 fully saturated rings. The SMILES string of the molecule is COCCOCCOCCOc1nc(Cl)ccc1[N+](=O)[O-]. The third kappa shape index (κ3) is 7.19. The second-order valence-corrected chi connectivity index (χ2v) is 4.17. The fourth-order valence-electron chi connectivity index (χ4n) is 1.32. The fourth-order valence-corrected chi connectivity index (χ4v) is 1.46. The average Bonchev–Trinajstić information content (AvgIpc) is 2.45. The maximum Gasteiger partial charge on any atom is 0.331 e. The molecule has 1 aromatic heterocycles. The van der Waals surface area contributed by atoms with Gasteiger partial charge in [-0.3, -0.25) is 10.1 Å². The van der Waals surface area contributed by atoms with Gasteiger partial charge in [-0.1, -0.05) is 11.6 Å². The molecular weight excluding hydrogens is 304 g/mol. The Morgan fingerprint density at radius 1 is 1.14 bits per heavy atom. The highest BCUT2D eigenvalue weighted by Gasteiger charge is 2.17. The summed E-state index contributed by atoms with van der Waals surface area (Å²) >= 11 is 5.67. The zero-order valence-corrected chi connectivity index (χ0v) is 12.4. The van der Waals surface area contributed by atoms with Gasteiger partial charge in [-0.2, -0.15) is 4.98 Å². The highest BCUT2D eigenvalue weighted by atomic mass is 35.5. The molecule has 118 valence electrons. The van der Waals surface area contributed by atoms with Crippen molar-refractivity contribution in [1.82, 2.24) is 4.98 Å². The normalized spacial score (nSPS) is 10.6. The highest BCUT2D eigenvalue weighted by Crippen LogP contribution is 2.25. The van der Waals surface area contributed by atoms with Gasteiger partial charge in [0, 0.05) is 13.2 Å². The number of methoxy groups -OCH3 is 1. The predicted molar refractivity (Wildman–Crippen MR) is 74.9 cm³/mol. The monoisotopic (exact) mass is 320 g/mol. The summed E-state index contributed by atoms with van der Waals surface area (Å²) in [6.45, 7) is 2.28. The molecule has 21 heavy (non-hydrogen) atoms. The second-order valence-electron chi connectivity index (χ2n) is 3.78. The lowest BCUT2D eigenvalue weighted by Crippen LogP contribution is -2.13. The third-order valence-electron chi connectivity index (χ3n) is 2.27. The first-order chi connectivity index (χ1) is 10.1. The van der Waals surface area contributed by atoms with Gasteiger partial charge < -0.3 is 18.9 Å². The number of nitro groups is 1. The van der Waals surface area contributed by atoms with Crippen LogP contribution >= 0.6 is 11.6 Å². The molecule has 0 aliphatic heterocycles. The van der Waals surface area contributed by atoms with Crippen molar-refractivity contribution in [2.24, 2.45) is 0 Å². The first-order valence-electron chi connectivity index (χ1n) is 6.23.